The van der Waals surface area contributed by atoms with E-state index in [-0.39, 0.29) is 11.4 Å². The van der Waals surface area contributed by atoms with Crippen LogP contribution in [0.25, 0.3) is 22.3 Å². The van der Waals surface area contributed by atoms with E-state index >= 15 is 0 Å². The van der Waals surface area contributed by atoms with E-state index < -0.39 is 23.5 Å². The number of aromatic nitrogens is 2. The monoisotopic (exact) mass is 324 g/mol. The van der Waals surface area contributed by atoms with Gasteiger partial charge in [0.15, 0.2) is 0 Å². The molecule has 1 heterocycles. The molecule has 0 unspecified atom stereocenters. The topological polar surface area (TPSA) is 55.0 Å². The molecule has 0 amide bonds. The fourth-order valence-corrected chi connectivity index (χ4v) is 2.10. The molecule has 23 heavy (non-hydrogen) atoms. The Labute approximate surface area is 126 Å². The van der Waals surface area contributed by atoms with Gasteiger partial charge < -0.3 is 9.72 Å². The molecule has 1 aromatic heterocycles. The molecule has 118 valence electrons. The van der Waals surface area contributed by atoms with Crippen molar-refractivity contribution in [3.63, 3.8) is 0 Å². The van der Waals surface area contributed by atoms with Crippen LogP contribution in [0.1, 0.15) is 0 Å². The van der Waals surface area contributed by atoms with Gasteiger partial charge in [0.05, 0.1) is 16.5 Å². The average Bonchev–Trinajstić information content (AvgIpc) is 2.48. The van der Waals surface area contributed by atoms with Crippen molar-refractivity contribution in [1.82, 2.24) is 9.97 Å². The van der Waals surface area contributed by atoms with Crippen LogP contribution in [-0.2, 0) is 0 Å². The summed E-state index contributed by atoms with van der Waals surface area (Å²) >= 11 is 0. The number of rotatable bonds is 2. The maximum Gasteiger partial charge on any atom is 0.573 e. The second-order valence-electron chi connectivity index (χ2n) is 4.62. The Morgan fingerprint density at radius 2 is 1.83 bits per heavy atom. The smallest absolute Gasteiger partial charge is 0.406 e. The first-order valence-corrected chi connectivity index (χ1v) is 6.38. The fraction of sp³-hybridized carbons (Fsp3) is 0.0667. The zero-order chi connectivity index (χ0) is 16.6. The Kier molecular flexibility index (Phi) is 3.51. The molecule has 4 nitrogen and oxygen atoms in total. The molecule has 0 fully saturated rings. The van der Waals surface area contributed by atoms with Crippen LogP contribution < -0.4 is 10.3 Å². The highest BCUT2D eigenvalue weighted by Gasteiger charge is 2.31. The number of benzene rings is 2. The van der Waals surface area contributed by atoms with Crippen molar-refractivity contribution in [3.05, 3.63) is 58.6 Å². The number of aromatic amines is 1. The van der Waals surface area contributed by atoms with Crippen LogP contribution >= 0.6 is 0 Å². The van der Waals surface area contributed by atoms with Crippen molar-refractivity contribution in [2.24, 2.45) is 0 Å². The molecule has 0 spiro atoms. The van der Waals surface area contributed by atoms with Gasteiger partial charge in [-0.3, -0.25) is 4.79 Å². The second kappa shape index (κ2) is 5.38. The average molecular weight is 324 g/mol. The van der Waals surface area contributed by atoms with Crippen LogP contribution in [0.5, 0.6) is 5.75 Å². The van der Waals surface area contributed by atoms with Gasteiger partial charge in [0.25, 0.3) is 5.56 Å². The number of nitrogens with one attached hydrogen (secondary N) is 1. The van der Waals surface area contributed by atoms with Crippen molar-refractivity contribution in [1.29, 1.82) is 0 Å². The van der Waals surface area contributed by atoms with E-state index in [2.05, 4.69) is 14.7 Å². The molecular weight excluding hydrogens is 316 g/mol. The largest absolute Gasteiger partial charge is 0.573 e. The van der Waals surface area contributed by atoms with E-state index in [1.54, 1.807) is 18.2 Å². The predicted octanol–water partition coefficient (Wildman–Crippen LogP) is 3.63. The Bertz CT molecular complexity index is 935. The molecule has 0 saturated heterocycles. The first-order chi connectivity index (χ1) is 10.8. The lowest BCUT2D eigenvalue weighted by Crippen LogP contribution is -2.17. The molecule has 0 aliphatic carbocycles. The minimum Gasteiger partial charge on any atom is -0.406 e. The highest BCUT2D eigenvalue weighted by molar-refractivity contribution is 5.79. The van der Waals surface area contributed by atoms with E-state index in [9.17, 15) is 22.4 Å². The van der Waals surface area contributed by atoms with E-state index in [0.29, 0.717) is 10.9 Å². The summed E-state index contributed by atoms with van der Waals surface area (Å²) in [4.78, 5) is 18.4. The standard InChI is InChI=1S/C15H8F4N2O2/c16-11-6-5-8(23-15(17,18)19)7-10(11)13-20-12-4-2-1-3-9(12)14(22)21-13/h1-7H,(H,20,21,22). The normalized spacial score (nSPS) is 11.7. The highest BCUT2D eigenvalue weighted by Crippen LogP contribution is 2.28. The molecule has 8 heteroatoms. The number of H-pyrrole nitrogens is 1. The van der Waals surface area contributed by atoms with Crippen molar-refractivity contribution in [2.45, 2.75) is 6.36 Å². The Balaban J connectivity index is 2.14. The van der Waals surface area contributed by atoms with Gasteiger partial charge in [-0.05, 0) is 30.3 Å². The molecule has 0 bridgehead atoms. The molecule has 0 atom stereocenters. The molecule has 1 N–H and O–H groups in total. The van der Waals surface area contributed by atoms with Crippen LogP contribution in [0.4, 0.5) is 17.6 Å². The molecule has 0 saturated carbocycles. The number of ether oxygens (including phenoxy) is 1. The Hall–Kier alpha value is -2.90. The van der Waals surface area contributed by atoms with Crippen LogP contribution in [0, 0.1) is 5.82 Å². The molecule has 0 aliphatic rings. The van der Waals surface area contributed by atoms with Gasteiger partial charge in [-0.2, -0.15) is 0 Å². The summed E-state index contributed by atoms with van der Waals surface area (Å²) in [5.41, 5.74) is -0.519. The van der Waals surface area contributed by atoms with Crippen LogP contribution in [-0.4, -0.2) is 16.3 Å². The van der Waals surface area contributed by atoms with Gasteiger partial charge in [-0.25, -0.2) is 9.37 Å². The van der Waals surface area contributed by atoms with Crippen LogP contribution in [0.15, 0.2) is 47.3 Å². The third-order valence-electron chi connectivity index (χ3n) is 3.04. The van der Waals surface area contributed by atoms with E-state index in [1.807, 2.05) is 0 Å². The molecule has 2 aromatic carbocycles. The van der Waals surface area contributed by atoms with E-state index in [4.69, 9.17) is 0 Å². The molecule has 0 aliphatic heterocycles. The summed E-state index contributed by atoms with van der Waals surface area (Å²) in [5, 5.41) is 0.291. The second-order valence-corrected chi connectivity index (χ2v) is 4.62. The van der Waals surface area contributed by atoms with E-state index in [0.717, 1.165) is 18.2 Å². The van der Waals surface area contributed by atoms with Crippen molar-refractivity contribution in [2.75, 3.05) is 0 Å². The maximum atomic E-state index is 13.9. The highest BCUT2D eigenvalue weighted by atomic mass is 19.4. The van der Waals surface area contributed by atoms with Crippen molar-refractivity contribution < 1.29 is 22.3 Å². The fourth-order valence-electron chi connectivity index (χ4n) is 2.10. The SMILES string of the molecule is O=c1[nH]c(-c2cc(OC(F)(F)F)ccc2F)nc2ccccc12. The van der Waals surface area contributed by atoms with Gasteiger partial charge in [0, 0.05) is 0 Å². The quantitative estimate of drug-likeness (QED) is 0.733. The molecular formula is C15H8F4N2O2. The van der Waals surface area contributed by atoms with Gasteiger partial charge in [-0.1, -0.05) is 12.1 Å². The summed E-state index contributed by atoms with van der Waals surface area (Å²) in [6, 6.07) is 8.83. The number of alkyl halides is 3. The lowest BCUT2D eigenvalue weighted by Gasteiger charge is -2.10. The van der Waals surface area contributed by atoms with E-state index in [1.165, 1.54) is 6.07 Å². The first-order valence-electron chi connectivity index (χ1n) is 6.38. The summed E-state index contributed by atoms with van der Waals surface area (Å²) in [5.74, 6) is -1.62. The molecule has 3 aromatic rings. The lowest BCUT2D eigenvalue weighted by atomic mass is 10.1. The Morgan fingerprint density at radius 1 is 1.09 bits per heavy atom. The summed E-state index contributed by atoms with van der Waals surface area (Å²) < 4.78 is 54.4. The zero-order valence-corrected chi connectivity index (χ0v) is 11.3. The molecule has 3 rings (SSSR count). The number of nitrogens with zero attached hydrogens (tertiary/aromatic N) is 1. The number of halogens is 4. The van der Waals surface area contributed by atoms with Gasteiger partial charge >= 0.3 is 6.36 Å². The summed E-state index contributed by atoms with van der Waals surface area (Å²) in [6.45, 7) is 0. The van der Waals surface area contributed by atoms with Crippen molar-refractivity contribution >= 4 is 10.9 Å². The summed E-state index contributed by atoms with van der Waals surface area (Å²) in [7, 11) is 0. The van der Waals surface area contributed by atoms with Crippen molar-refractivity contribution in [3.8, 4) is 17.1 Å². The van der Waals surface area contributed by atoms with Gasteiger partial charge in [-0.15, -0.1) is 13.2 Å². The minimum absolute atomic E-state index is 0.182. The maximum absolute atomic E-state index is 13.9. The summed E-state index contributed by atoms with van der Waals surface area (Å²) in [6.07, 6.45) is -4.90. The first kappa shape index (κ1) is 15.0. The van der Waals surface area contributed by atoms with Crippen LogP contribution in [0.3, 0.4) is 0 Å². The van der Waals surface area contributed by atoms with Gasteiger partial charge in [0.2, 0.25) is 0 Å². The third kappa shape index (κ3) is 3.15. The lowest BCUT2D eigenvalue weighted by molar-refractivity contribution is -0.274. The number of para-hydroxylation sites is 1. The van der Waals surface area contributed by atoms with Gasteiger partial charge in [0.1, 0.15) is 17.4 Å². The number of hydrogen-bond donors (Lipinski definition) is 1. The molecule has 0 radical (unpaired) electrons. The van der Waals surface area contributed by atoms with Crippen LogP contribution in [0.2, 0.25) is 0 Å². The minimum atomic E-state index is -4.90. The predicted molar refractivity (Wildman–Crippen MR) is 74.4 cm³/mol. The zero-order valence-electron chi connectivity index (χ0n) is 11.3. The number of fused-ring (bicyclic) bond motifs is 1. The number of hydrogen-bond acceptors (Lipinski definition) is 3. The Morgan fingerprint density at radius 3 is 2.57 bits per heavy atom. The third-order valence-corrected chi connectivity index (χ3v) is 3.04.